The fourth-order valence-corrected chi connectivity index (χ4v) is 4.01. The zero-order valence-corrected chi connectivity index (χ0v) is 15.1. The standard InChI is InChI=1S/C18H18N4O3S/c1-11-9-14(25-21-11)13-10-16(23)19-20-17(13)12-4-6-22(7-5-12)18(24)15-3-2-8-26-15/h2-3,8-10,12H,4-7H2,1H3,(H,19,23). The van der Waals surface area contributed by atoms with Crippen molar-refractivity contribution >= 4 is 17.2 Å². The maximum absolute atomic E-state index is 12.5. The molecule has 0 spiro atoms. The third-order valence-electron chi connectivity index (χ3n) is 4.63. The maximum atomic E-state index is 12.5. The molecule has 1 saturated heterocycles. The predicted octanol–water partition coefficient (Wildman–Crippen LogP) is 2.81. The van der Waals surface area contributed by atoms with Crippen molar-refractivity contribution in [2.45, 2.75) is 25.7 Å². The van der Waals surface area contributed by atoms with Gasteiger partial charge in [-0.2, -0.15) is 5.10 Å². The van der Waals surface area contributed by atoms with Crippen LogP contribution in [-0.2, 0) is 0 Å². The van der Waals surface area contributed by atoms with Gasteiger partial charge in [-0.1, -0.05) is 11.2 Å². The van der Waals surface area contributed by atoms with Crippen LogP contribution in [0.4, 0.5) is 0 Å². The van der Waals surface area contributed by atoms with E-state index in [4.69, 9.17) is 4.52 Å². The first kappa shape index (κ1) is 16.7. The Balaban J connectivity index is 1.55. The highest BCUT2D eigenvalue weighted by Gasteiger charge is 2.28. The highest BCUT2D eigenvalue weighted by atomic mass is 32.1. The first-order valence-corrected chi connectivity index (χ1v) is 9.36. The Hall–Kier alpha value is -2.74. The molecule has 1 fully saturated rings. The number of likely N-dealkylation sites (tertiary alicyclic amines) is 1. The molecule has 26 heavy (non-hydrogen) atoms. The number of carbonyl (C=O) groups is 1. The molecule has 0 atom stereocenters. The number of thiophene rings is 1. The van der Waals surface area contributed by atoms with Gasteiger partial charge in [-0.05, 0) is 31.2 Å². The van der Waals surface area contributed by atoms with Crippen molar-refractivity contribution in [2.75, 3.05) is 13.1 Å². The largest absolute Gasteiger partial charge is 0.356 e. The molecule has 1 N–H and O–H groups in total. The van der Waals surface area contributed by atoms with Crippen LogP contribution in [0, 0.1) is 6.92 Å². The molecule has 7 nitrogen and oxygen atoms in total. The number of nitrogens with one attached hydrogen (secondary N) is 1. The predicted molar refractivity (Wildman–Crippen MR) is 97.3 cm³/mol. The fourth-order valence-electron chi connectivity index (χ4n) is 3.32. The third kappa shape index (κ3) is 3.20. The minimum Gasteiger partial charge on any atom is -0.356 e. The Morgan fingerprint density at radius 2 is 2.15 bits per heavy atom. The number of nitrogens with zero attached hydrogens (tertiary/aromatic N) is 3. The Bertz CT molecular complexity index is 968. The van der Waals surface area contributed by atoms with Gasteiger partial charge in [0.1, 0.15) is 0 Å². The summed E-state index contributed by atoms with van der Waals surface area (Å²) in [6.07, 6.45) is 1.58. The van der Waals surface area contributed by atoms with E-state index < -0.39 is 0 Å². The van der Waals surface area contributed by atoms with Crippen LogP contribution in [0.1, 0.15) is 39.8 Å². The first-order valence-electron chi connectivity index (χ1n) is 8.48. The van der Waals surface area contributed by atoms with E-state index in [0.717, 1.165) is 29.1 Å². The van der Waals surface area contributed by atoms with Crippen LogP contribution < -0.4 is 5.56 Å². The van der Waals surface area contributed by atoms with E-state index in [2.05, 4.69) is 15.4 Å². The second-order valence-electron chi connectivity index (χ2n) is 6.41. The van der Waals surface area contributed by atoms with Crippen LogP contribution in [0.15, 0.2) is 39.0 Å². The molecule has 4 rings (SSSR count). The van der Waals surface area contributed by atoms with Gasteiger partial charge in [0.2, 0.25) is 0 Å². The lowest BCUT2D eigenvalue weighted by Crippen LogP contribution is -2.38. The Morgan fingerprint density at radius 3 is 2.81 bits per heavy atom. The Morgan fingerprint density at radius 1 is 1.35 bits per heavy atom. The summed E-state index contributed by atoms with van der Waals surface area (Å²) in [5.74, 6) is 0.784. The number of hydrogen-bond donors (Lipinski definition) is 1. The van der Waals surface area contributed by atoms with E-state index in [1.165, 1.54) is 17.4 Å². The van der Waals surface area contributed by atoms with Crippen LogP contribution in [0.2, 0.25) is 0 Å². The van der Waals surface area contributed by atoms with Gasteiger partial charge >= 0.3 is 0 Å². The van der Waals surface area contributed by atoms with E-state index in [1.807, 2.05) is 29.3 Å². The van der Waals surface area contributed by atoms with E-state index in [0.29, 0.717) is 24.4 Å². The second kappa shape index (κ2) is 6.87. The van der Waals surface area contributed by atoms with E-state index in [-0.39, 0.29) is 17.4 Å². The maximum Gasteiger partial charge on any atom is 0.264 e. The minimum atomic E-state index is -0.275. The summed E-state index contributed by atoms with van der Waals surface area (Å²) >= 11 is 1.46. The van der Waals surface area contributed by atoms with Gasteiger partial charge in [0, 0.05) is 36.7 Å². The molecule has 3 aromatic heterocycles. The van der Waals surface area contributed by atoms with Gasteiger partial charge in [0.25, 0.3) is 11.5 Å². The average molecular weight is 370 g/mol. The quantitative estimate of drug-likeness (QED) is 0.765. The van der Waals surface area contributed by atoms with Crippen molar-refractivity contribution in [1.29, 1.82) is 0 Å². The topological polar surface area (TPSA) is 92.1 Å². The molecular formula is C18H18N4O3S. The fraction of sp³-hybridized carbons (Fsp3) is 0.333. The molecule has 134 valence electrons. The zero-order valence-electron chi connectivity index (χ0n) is 14.3. The molecule has 0 radical (unpaired) electrons. The van der Waals surface area contributed by atoms with Gasteiger partial charge in [-0.25, -0.2) is 5.10 Å². The van der Waals surface area contributed by atoms with E-state index in [9.17, 15) is 9.59 Å². The van der Waals surface area contributed by atoms with Gasteiger partial charge in [0.05, 0.1) is 16.3 Å². The third-order valence-corrected chi connectivity index (χ3v) is 5.49. The van der Waals surface area contributed by atoms with E-state index in [1.54, 1.807) is 6.07 Å². The lowest BCUT2D eigenvalue weighted by molar-refractivity contribution is 0.0717. The molecule has 4 heterocycles. The molecule has 1 aliphatic rings. The van der Waals surface area contributed by atoms with Crippen LogP contribution in [-0.4, -0.2) is 39.3 Å². The number of rotatable bonds is 3. The number of H-pyrrole nitrogens is 1. The molecule has 1 aliphatic heterocycles. The summed E-state index contributed by atoms with van der Waals surface area (Å²) in [5, 5.41) is 12.6. The number of amides is 1. The number of aryl methyl sites for hydroxylation is 1. The van der Waals surface area contributed by atoms with E-state index >= 15 is 0 Å². The zero-order chi connectivity index (χ0) is 18.1. The van der Waals surface area contributed by atoms with Crippen LogP contribution in [0.5, 0.6) is 0 Å². The number of piperidine rings is 1. The van der Waals surface area contributed by atoms with Crippen molar-refractivity contribution in [1.82, 2.24) is 20.3 Å². The van der Waals surface area contributed by atoms with Gasteiger partial charge in [-0.15, -0.1) is 11.3 Å². The van der Waals surface area contributed by atoms with Crippen molar-refractivity contribution in [3.63, 3.8) is 0 Å². The van der Waals surface area contributed by atoms with Crippen LogP contribution in [0.25, 0.3) is 11.3 Å². The summed E-state index contributed by atoms with van der Waals surface area (Å²) in [4.78, 5) is 26.9. The molecule has 0 unspecified atom stereocenters. The molecule has 0 bridgehead atoms. The van der Waals surface area contributed by atoms with Crippen molar-refractivity contribution in [3.05, 3.63) is 56.3 Å². The summed E-state index contributed by atoms with van der Waals surface area (Å²) in [5.41, 5.74) is 1.95. The normalized spacial score (nSPS) is 15.3. The monoisotopic (exact) mass is 370 g/mol. The van der Waals surface area contributed by atoms with Crippen LogP contribution in [0.3, 0.4) is 0 Å². The average Bonchev–Trinajstić information content (AvgIpc) is 3.33. The van der Waals surface area contributed by atoms with Gasteiger partial charge in [-0.3, -0.25) is 9.59 Å². The molecular weight excluding hydrogens is 352 g/mol. The SMILES string of the molecule is Cc1cc(-c2cc(=O)[nH]nc2C2CCN(C(=O)c3cccs3)CC2)on1. The molecule has 0 aromatic carbocycles. The molecule has 0 saturated carbocycles. The smallest absolute Gasteiger partial charge is 0.264 e. The second-order valence-corrected chi connectivity index (χ2v) is 7.36. The Labute approximate surface area is 153 Å². The molecule has 8 heteroatoms. The van der Waals surface area contributed by atoms with Gasteiger partial charge in [0.15, 0.2) is 5.76 Å². The number of carbonyl (C=O) groups excluding carboxylic acids is 1. The summed E-state index contributed by atoms with van der Waals surface area (Å²) < 4.78 is 5.34. The summed E-state index contributed by atoms with van der Waals surface area (Å²) in [6.45, 7) is 3.16. The Kier molecular flexibility index (Phi) is 4.42. The highest BCUT2D eigenvalue weighted by Crippen LogP contribution is 2.33. The lowest BCUT2D eigenvalue weighted by atomic mass is 9.90. The van der Waals surface area contributed by atoms with Crippen LogP contribution >= 0.6 is 11.3 Å². The van der Waals surface area contributed by atoms with Gasteiger partial charge < -0.3 is 9.42 Å². The molecule has 3 aromatic rings. The number of aromatic nitrogens is 3. The molecule has 0 aliphatic carbocycles. The van der Waals surface area contributed by atoms with Crippen molar-refractivity contribution < 1.29 is 9.32 Å². The summed E-state index contributed by atoms with van der Waals surface area (Å²) in [6, 6.07) is 7.05. The summed E-state index contributed by atoms with van der Waals surface area (Å²) in [7, 11) is 0. The lowest BCUT2D eigenvalue weighted by Gasteiger charge is -2.31. The molecule has 1 amide bonds. The number of hydrogen-bond acceptors (Lipinski definition) is 6. The number of aromatic amines is 1. The minimum absolute atomic E-state index is 0.0824. The van der Waals surface area contributed by atoms with Crippen molar-refractivity contribution in [2.24, 2.45) is 0 Å². The highest BCUT2D eigenvalue weighted by molar-refractivity contribution is 7.12. The first-order chi connectivity index (χ1) is 12.6. The van der Waals surface area contributed by atoms with Crippen molar-refractivity contribution in [3.8, 4) is 11.3 Å².